The van der Waals surface area contributed by atoms with Gasteiger partial charge in [0.1, 0.15) is 0 Å². The predicted octanol–water partition coefficient (Wildman–Crippen LogP) is 8.75. The summed E-state index contributed by atoms with van der Waals surface area (Å²) in [5.41, 5.74) is 7.62. The van der Waals surface area contributed by atoms with Crippen LogP contribution in [0.15, 0.2) is 70.4 Å². The molecule has 1 rings (SSSR count). The van der Waals surface area contributed by atoms with Crippen molar-refractivity contribution >= 4 is 5.97 Å². The quantitative estimate of drug-likeness (QED) is 0.111. The van der Waals surface area contributed by atoms with Gasteiger partial charge in [0.15, 0.2) is 0 Å². The van der Waals surface area contributed by atoms with Gasteiger partial charge in [-0.1, -0.05) is 59.3 Å². The summed E-state index contributed by atoms with van der Waals surface area (Å²) in [6.45, 7) is 15.5. The molecule has 1 aliphatic rings. The number of hydrogen-bond donors (Lipinski definition) is 0. The Hall–Kier alpha value is -2.13. The smallest absolute Gasteiger partial charge is 0.335 e. The van der Waals surface area contributed by atoms with Gasteiger partial charge in [0.05, 0.1) is 25.4 Å². The second-order valence-electron chi connectivity index (χ2n) is 9.84. The number of esters is 1. The molecule has 1 unspecified atom stereocenters. The van der Waals surface area contributed by atoms with Gasteiger partial charge in [0.25, 0.3) is 0 Å². The Morgan fingerprint density at radius 3 is 1.88 bits per heavy atom. The summed E-state index contributed by atoms with van der Waals surface area (Å²) in [5.74, 6) is -0.374. The highest BCUT2D eigenvalue weighted by molar-refractivity contribution is 5.88. The van der Waals surface area contributed by atoms with E-state index in [1.54, 1.807) is 0 Å². The molecule has 1 fully saturated rings. The lowest BCUT2D eigenvalue weighted by Crippen LogP contribution is -2.26. The van der Waals surface area contributed by atoms with Crippen molar-refractivity contribution in [2.75, 3.05) is 13.7 Å². The molecular formula is C31H48O3. The van der Waals surface area contributed by atoms with Crippen molar-refractivity contribution in [1.82, 2.24) is 0 Å². The van der Waals surface area contributed by atoms with Crippen molar-refractivity contribution < 1.29 is 14.3 Å². The van der Waals surface area contributed by atoms with E-state index in [9.17, 15) is 4.79 Å². The third-order valence-corrected chi connectivity index (χ3v) is 6.28. The van der Waals surface area contributed by atoms with Gasteiger partial charge in [-0.15, -0.1) is 0 Å². The van der Waals surface area contributed by atoms with Crippen LogP contribution in [0.4, 0.5) is 0 Å². The number of rotatable bonds is 14. The zero-order chi connectivity index (χ0) is 25.3. The minimum Gasteiger partial charge on any atom is -0.466 e. The maximum atomic E-state index is 11.6. The number of allylic oxidation sites excluding steroid dienone is 9. The first kappa shape index (κ1) is 29.9. The fourth-order valence-electron chi connectivity index (χ4n) is 3.98. The van der Waals surface area contributed by atoms with E-state index >= 15 is 0 Å². The lowest BCUT2D eigenvalue weighted by Gasteiger charge is -2.25. The molecule has 0 saturated carbocycles. The van der Waals surface area contributed by atoms with E-state index in [-0.39, 0.29) is 12.1 Å². The standard InChI is InChI=1S/C31H48O3/c1-24(2)13-10-15-26(4)17-12-19-27(5)18-11-16-25(3)14-8-9-20-29-21-22-30(34-23-29)28(6)31(32)33-7/h13-14,17-18,20,30H,6,8-12,15-16,19,21-23H2,1-5,7H3/b25-14+,26-17+,27-18+,29-20-. The van der Waals surface area contributed by atoms with E-state index in [4.69, 9.17) is 9.47 Å². The molecular weight excluding hydrogens is 420 g/mol. The Labute approximate surface area is 209 Å². The summed E-state index contributed by atoms with van der Waals surface area (Å²) >= 11 is 0. The molecule has 0 aromatic carbocycles. The Bertz CT molecular complexity index is 791. The van der Waals surface area contributed by atoms with Crippen LogP contribution < -0.4 is 0 Å². The molecule has 3 heteroatoms. The Kier molecular flexibility index (Phi) is 15.2. The zero-order valence-corrected chi connectivity index (χ0v) is 22.7. The SMILES string of the molecule is C=C(C(=O)OC)C1CC/C(=C/CC/C=C(\C)CC/C=C(\C)CC/C=C(\C)CCC=C(C)C)CO1. The van der Waals surface area contributed by atoms with Crippen LogP contribution in [0.2, 0.25) is 0 Å². The number of unbranched alkanes of at least 4 members (excludes halogenated alkanes) is 1. The first-order chi connectivity index (χ1) is 16.2. The molecule has 0 spiro atoms. The summed E-state index contributed by atoms with van der Waals surface area (Å²) in [6.07, 6.45) is 22.3. The van der Waals surface area contributed by atoms with Crippen LogP contribution in [0.1, 0.15) is 98.8 Å². The molecule has 1 heterocycles. The lowest BCUT2D eigenvalue weighted by molar-refractivity contribution is -0.137. The van der Waals surface area contributed by atoms with Crippen LogP contribution in [0, 0.1) is 0 Å². The highest BCUT2D eigenvalue weighted by atomic mass is 16.5. The highest BCUT2D eigenvalue weighted by Crippen LogP contribution is 2.24. The molecule has 0 aromatic rings. The van der Waals surface area contributed by atoms with Crippen molar-refractivity contribution in [2.24, 2.45) is 0 Å². The first-order valence-electron chi connectivity index (χ1n) is 12.9. The number of carbonyl (C=O) groups excluding carboxylic acids is 1. The topological polar surface area (TPSA) is 35.5 Å². The molecule has 1 saturated heterocycles. The maximum Gasteiger partial charge on any atom is 0.335 e. The molecule has 0 aliphatic carbocycles. The molecule has 190 valence electrons. The number of methoxy groups -OCH3 is 1. The molecule has 1 atom stereocenters. The number of carbonyl (C=O) groups is 1. The van der Waals surface area contributed by atoms with Gasteiger partial charge in [-0.2, -0.15) is 0 Å². The van der Waals surface area contributed by atoms with E-state index in [1.807, 2.05) is 0 Å². The summed E-state index contributed by atoms with van der Waals surface area (Å²) in [6, 6.07) is 0. The normalized spacial score (nSPS) is 18.7. The van der Waals surface area contributed by atoms with Crippen LogP contribution in [0.5, 0.6) is 0 Å². The lowest BCUT2D eigenvalue weighted by atomic mass is 9.98. The summed E-state index contributed by atoms with van der Waals surface area (Å²) in [4.78, 5) is 11.6. The average molecular weight is 469 g/mol. The Balaban J connectivity index is 2.24. The molecule has 0 N–H and O–H groups in total. The van der Waals surface area contributed by atoms with Crippen LogP contribution in [-0.2, 0) is 14.3 Å². The van der Waals surface area contributed by atoms with E-state index in [0.717, 1.165) is 57.8 Å². The Morgan fingerprint density at radius 2 is 1.41 bits per heavy atom. The van der Waals surface area contributed by atoms with Gasteiger partial charge in [-0.05, 0) is 104 Å². The molecule has 3 nitrogen and oxygen atoms in total. The molecule has 0 amide bonds. The van der Waals surface area contributed by atoms with Crippen LogP contribution in [0.25, 0.3) is 0 Å². The molecule has 0 bridgehead atoms. The van der Waals surface area contributed by atoms with Crippen molar-refractivity contribution in [2.45, 2.75) is 105 Å². The minimum atomic E-state index is -0.374. The second-order valence-corrected chi connectivity index (χ2v) is 9.84. The maximum absolute atomic E-state index is 11.6. The molecule has 1 aliphatic heterocycles. The summed E-state index contributed by atoms with van der Waals surface area (Å²) in [5, 5.41) is 0. The van der Waals surface area contributed by atoms with Gasteiger partial charge in [-0.25, -0.2) is 4.79 Å². The van der Waals surface area contributed by atoms with Gasteiger partial charge < -0.3 is 9.47 Å². The minimum absolute atomic E-state index is 0.212. The summed E-state index contributed by atoms with van der Waals surface area (Å²) < 4.78 is 10.5. The largest absolute Gasteiger partial charge is 0.466 e. The first-order valence-corrected chi connectivity index (χ1v) is 12.9. The van der Waals surface area contributed by atoms with Gasteiger partial charge in [0, 0.05) is 0 Å². The Morgan fingerprint density at radius 1 is 0.882 bits per heavy atom. The van der Waals surface area contributed by atoms with Crippen molar-refractivity contribution in [3.8, 4) is 0 Å². The van der Waals surface area contributed by atoms with E-state index < -0.39 is 0 Å². The monoisotopic (exact) mass is 468 g/mol. The van der Waals surface area contributed by atoms with E-state index in [1.165, 1.54) is 41.4 Å². The van der Waals surface area contributed by atoms with Crippen LogP contribution in [0.3, 0.4) is 0 Å². The van der Waals surface area contributed by atoms with Crippen LogP contribution >= 0.6 is 0 Å². The third kappa shape index (κ3) is 13.5. The predicted molar refractivity (Wildman–Crippen MR) is 146 cm³/mol. The van der Waals surface area contributed by atoms with Gasteiger partial charge in [0.2, 0.25) is 0 Å². The van der Waals surface area contributed by atoms with Gasteiger partial charge >= 0.3 is 5.97 Å². The van der Waals surface area contributed by atoms with E-state index in [2.05, 4.69) is 71.6 Å². The van der Waals surface area contributed by atoms with E-state index in [0.29, 0.717) is 12.2 Å². The number of ether oxygens (including phenoxy) is 2. The molecule has 0 aromatic heterocycles. The molecule has 34 heavy (non-hydrogen) atoms. The fraction of sp³-hybridized carbons (Fsp3) is 0.581. The van der Waals surface area contributed by atoms with Crippen molar-refractivity contribution in [3.05, 3.63) is 70.4 Å². The van der Waals surface area contributed by atoms with Crippen molar-refractivity contribution in [1.29, 1.82) is 0 Å². The summed E-state index contributed by atoms with van der Waals surface area (Å²) in [7, 11) is 1.38. The third-order valence-electron chi connectivity index (χ3n) is 6.28. The number of hydrogen-bond acceptors (Lipinski definition) is 3. The zero-order valence-electron chi connectivity index (χ0n) is 22.7. The van der Waals surface area contributed by atoms with Crippen LogP contribution in [-0.4, -0.2) is 25.8 Å². The van der Waals surface area contributed by atoms with Crippen molar-refractivity contribution in [3.63, 3.8) is 0 Å². The second kappa shape index (κ2) is 17.3. The fourth-order valence-corrected chi connectivity index (χ4v) is 3.98. The molecule has 0 radical (unpaired) electrons. The van der Waals surface area contributed by atoms with Gasteiger partial charge in [-0.3, -0.25) is 0 Å². The highest BCUT2D eigenvalue weighted by Gasteiger charge is 2.24. The average Bonchev–Trinajstić information content (AvgIpc) is 2.81.